The number of likely N-dealkylation sites (tertiary alicyclic amines) is 1. The number of alkyl halides is 1. The average Bonchev–Trinajstić information content (AvgIpc) is 2.63. The third-order valence-electron chi connectivity index (χ3n) is 4.53. The molecule has 136 valence electrons. The topological polar surface area (TPSA) is 61.9 Å². The molecule has 1 atom stereocenters. The lowest BCUT2D eigenvalue weighted by atomic mass is 9.93. The lowest BCUT2D eigenvalue weighted by Gasteiger charge is -2.39. The first-order valence-electron chi connectivity index (χ1n) is 8.36. The maximum Gasteiger partial charge on any atom is 0.322 e. The zero-order valence-corrected chi connectivity index (χ0v) is 14.6. The summed E-state index contributed by atoms with van der Waals surface area (Å²) in [5.41, 5.74) is -1.59. The van der Waals surface area contributed by atoms with Crippen molar-refractivity contribution in [2.24, 2.45) is 0 Å². The molecule has 0 spiro atoms. The number of morpholine rings is 1. The van der Waals surface area contributed by atoms with Crippen LogP contribution in [0, 0.1) is 0 Å². The number of para-hydroxylation sites is 1. The molecule has 0 saturated carbocycles. The first-order valence-corrected chi connectivity index (χ1v) is 8.74. The summed E-state index contributed by atoms with van der Waals surface area (Å²) in [6, 6.07) is 6.39. The summed E-state index contributed by atoms with van der Waals surface area (Å²) in [6.07, 6.45) is 0.557. The predicted octanol–water partition coefficient (Wildman–Crippen LogP) is 2.53. The fraction of sp³-hybridized carbons (Fsp3) is 0.529. The Bertz CT molecular complexity index is 654. The van der Waals surface area contributed by atoms with Crippen molar-refractivity contribution in [3.63, 3.8) is 0 Å². The van der Waals surface area contributed by atoms with Crippen molar-refractivity contribution in [2.45, 2.75) is 18.5 Å². The number of halogens is 2. The first kappa shape index (κ1) is 17.9. The molecule has 2 aliphatic rings. The summed E-state index contributed by atoms with van der Waals surface area (Å²) in [7, 11) is 0. The highest BCUT2D eigenvalue weighted by Crippen LogP contribution is 2.29. The number of carbonyl (C=O) groups is 2. The molecule has 8 heteroatoms. The van der Waals surface area contributed by atoms with Crippen LogP contribution in [0.3, 0.4) is 0 Å². The first-order chi connectivity index (χ1) is 12.0. The van der Waals surface area contributed by atoms with E-state index in [-0.39, 0.29) is 13.0 Å². The zero-order valence-electron chi connectivity index (χ0n) is 13.8. The summed E-state index contributed by atoms with van der Waals surface area (Å²) in [5, 5.41) is 3.09. The fourth-order valence-corrected chi connectivity index (χ4v) is 3.35. The quantitative estimate of drug-likeness (QED) is 0.871. The molecule has 1 aromatic carbocycles. The lowest BCUT2D eigenvalue weighted by molar-refractivity contribution is -0.151. The van der Waals surface area contributed by atoms with Crippen LogP contribution < -0.4 is 5.32 Å². The zero-order chi connectivity index (χ0) is 17.9. The largest absolute Gasteiger partial charge is 0.378 e. The van der Waals surface area contributed by atoms with Crippen LogP contribution in [0.25, 0.3) is 0 Å². The van der Waals surface area contributed by atoms with Crippen molar-refractivity contribution in [3.8, 4) is 0 Å². The minimum absolute atomic E-state index is 0.124. The van der Waals surface area contributed by atoms with Gasteiger partial charge >= 0.3 is 6.03 Å². The summed E-state index contributed by atoms with van der Waals surface area (Å²) < 4.78 is 20.5. The van der Waals surface area contributed by atoms with Gasteiger partial charge in [-0.2, -0.15) is 0 Å². The van der Waals surface area contributed by atoms with Crippen LogP contribution in [0.1, 0.15) is 12.8 Å². The Labute approximate surface area is 150 Å². The van der Waals surface area contributed by atoms with Crippen molar-refractivity contribution in [1.82, 2.24) is 9.80 Å². The van der Waals surface area contributed by atoms with Gasteiger partial charge in [-0.25, -0.2) is 9.18 Å². The van der Waals surface area contributed by atoms with E-state index in [1.165, 1.54) is 9.80 Å². The van der Waals surface area contributed by atoms with Gasteiger partial charge in [0, 0.05) is 19.6 Å². The Kier molecular flexibility index (Phi) is 5.44. The highest BCUT2D eigenvalue weighted by atomic mass is 35.5. The van der Waals surface area contributed by atoms with Gasteiger partial charge in [0.25, 0.3) is 5.91 Å². The molecule has 25 heavy (non-hydrogen) atoms. The van der Waals surface area contributed by atoms with E-state index in [0.29, 0.717) is 50.0 Å². The molecule has 6 nitrogen and oxygen atoms in total. The number of benzene rings is 1. The maximum absolute atomic E-state index is 15.3. The van der Waals surface area contributed by atoms with Gasteiger partial charge in [0.1, 0.15) is 0 Å². The molecule has 3 amide bonds. The number of amides is 3. The summed E-state index contributed by atoms with van der Waals surface area (Å²) in [6.45, 7) is 1.75. The van der Waals surface area contributed by atoms with Gasteiger partial charge in [0.05, 0.1) is 30.5 Å². The molecule has 2 aliphatic heterocycles. The molecule has 0 aliphatic carbocycles. The number of carbonyl (C=O) groups excluding carboxylic acids is 2. The monoisotopic (exact) mass is 369 g/mol. The van der Waals surface area contributed by atoms with Crippen LogP contribution in [0.5, 0.6) is 0 Å². The van der Waals surface area contributed by atoms with Crippen molar-refractivity contribution in [1.29, 1.82) is 0 Å². The molecule has 0 radical (unpaired) electrons. The van der Waals surface area contributed by atoms with Gasteiger partial charge < -0.3 is 19.9 Å². The molecule has 2 heterocycles. The standard InChI is InChI=1S/C17H21ClFN3O3/c18-13-4-1-2-5-14(13)20-16(24)22-7-3-6-17(19,12-22)15(23)21-8-10-25-11-9-21/h1-2,4-5H,3,6-12H2,(H,20,24). The second kappa shape index (κ2) is 7.58. The van der Waals surface area contributed by atoms with E-state index in [2.05, 4.69) is 5.32 Å². The van der Waals surface area contributed by atoms with E-state index in [9.17, 15) is 9.59 Å². The van der Waals surface area contributed by atoms with Crippen LogP contribution in [-0.2, 0) is 9.53 Å². The highest BCUT2D eigenvalue weighted by Gasteiger charge is 2.46. The van der Waals surface area contributed by atoms with Gasteiger partial charge in [-0.1, -0.05) is 23.7 Å². The maximum atomic E-state index is 15.3. The van der Waals surface area contributed by atoms with Crippen molar-refractivity contribution in [3.05, 3.63) is 29.3 Å². The average molecular weight is 370 g/mol. The number of nitrogens with zero attached hydrogens (tertiary/aromatic N) is 2. The molecule has 3 rings (SSSR count). The molecule has 0 bridgehead atoms. The van der Waals surface area contributed by atoms with Crippen LogP contribution in [-0.4, -0.2) is 66.8 Å². The number of urea groups is 1. The Hall–Kier alpha value is -1.86. The van der Waals surface area contributed by atoms with Gasteiger partial charge in [-0.05, 0) is 25.0 Å². The summed E-state index contributed by atoms with van der Waals surface area (Å²) >= 11 is 6.04. The Morgan fingerprint density at radius 3 is 2.60 bits per heavy atom. The normalized spacial score (nSPS) is 24.1. The lowest BCUT2D eigenvalue weighted by Crippen LogP contribution is -2.58. The number of rotatable bonds is 2. The minimum atomic E-state index is -2.05. The molecule has 2 fully saturated rings. The highest BCUT2D eigenvalue weighted by molar-refractivity contribution is 6.33. The summed E-state index contributed by atoms with van der Waals surface area (Å²) in [4.78, 5) is 27.8. The van der Waals surface area contributed by atoms with Gasteiger partial charge in [0.2, 0.25) is 5.67 Å². The van der Waals surface area contributed by atoms with Crippen molar-refractivity contribution in [2.75, 3.05) is 44.7 Å². The van der Waals surface area contributed by atoms with Gasteiger partial charge in [-0.15, -0.1) is 0 Å². The molecule has 1 aromatic rings. The molecule has 2 saturated heterocycles. The summed E-state index contributed by atoms with van der Waals surface area (Å²) in [5.74, 6) is -0.550. The van der Waals surface area contributed by atoms with E-state index >= 15 is 4.39 Å². The second-order valence-electron chi connectivity index (χ2n) is 6.30. The minimum Gasteiger partial charge on any atom is -0.378 e. The molecule has 1 N–H and O–H groups in total. The third kappa shape index (κ3) is 4.04. The van der Waals surface area contributed by atoms with E-state index in [0.717, 1.165) is 0 Å². The smallest absolute Gasteiger partial charge is 0.322 e. The second-order valence-corrected chi connectivity index (χ2v) is 6.71. The Morgan fingerprint density at radius 2 is 1.88 bits per heavy atom. The molecule has 0 aromatic heterocycles. The number of nitrogens with one attached hydrogen (secondary N) is 1. The SMILES string of the molecule is O=C(Nc1ccccc1Cl)N1CCCC(F)(C(=O)N2CCOCC2)C1. The van der Waals surface area contributed by atoms with Crippen LogP contribution >= 0.6 is 11.6 Å². The van der Waals surface area contributed by atoms with E-state index in [4.69, 9.17) is 16.3 Å². The number of hydrogen-bond acceptors (Lipinski definition) is 3. The fourth-order valence-electron chi connectivity index (χ4n) is 3.17. The van der Waals surface area contributed by atoms with Crippen LogP contribution in [0.2, 0.25) is 5.02 Å². The van der Waals surface area contributed by atoms with Gasteiger partial charge in [-0.3, -0.25) is 4.79 Å². The van der Waals surface area contributed by atoms with Crippen LogP contribution in [0.4, 0.5) is 14.9 Å². The number of hydrogen-bond donors (Lipinski definition) is 1. The molecular weight excluding hydrogens is 349 g/mol. The Morgan fingerprint density at radius 1 is 1.16 bits per heavy atom. The van der Waals surface area contributed by atoms with Crippen molar-refractivity contribution < 1.29 is 18.7 Å². The van der Waals surface area contributed by atoms with E-state index in [1.807, 2.05) is 0 Å². The predicted molar refractivity (Wildman–Crippen MR) is 92.5 cm³/mol. The third-order valence-corrected chi connectivity index (χ3v) is 4.86. The molecule has 1 unspecified atom stereocenters. The van der Waals surface area contributed by atoms with E-state index in [1.54, 1.807) is 24.3 Å². The Balaban J connectivity index is 1.66. The number of anilines is 1. The van der Waals surface area contributed by atoms with Crippen LogP contribution in [0.15, 0.2) is 24.3 Å². The van der Waals surface area contributed by atoms with Gasteiger partial charge in [0.15, 0.2) is 0 Å². The van der Waals surface area contributed by atoms with E-state index < -0.39 is 17.6 Å². The van der Waals surface area contributed by atoms with Crippen molar-refractivity contribution >= 4 is 29.2 Å². The number of piperidine rings is 1. The molecular formula is C17H21ClFN3O3. The number of ether oxygens (including phenoxy) is 1.